The number of fused-ring (bicyclic) bond motifs is 1. The highest BCUT2D eigenvalue weighted by atomic mass is 16.3. The van der Waals surface area contributed by atoms with E-state index in [9.17, 15) is 9.90 Å². The highest BCUT2D eigenvalue weighted by Crippen LogP contribution is 2.41. The van der Waals surface area contributed by atoms with Gasteiger partial charge in [0.05, 0.1) is 29.1 Å². The molecule has 0 unspecified atom stereocenters. The molecule has 1 N–H and O–H groups in total. The van der Waals surface area contributed by atoms with Crippen LogP contribution in [0.25, 0.3) is 11.3 Å². The minimum Gasteiger partial charge on any atom is -0.494 e. The van der Waals surface area contributed by atoms with Crippen molar-refractivity contribution < 1.29 is 9.90 Å². The molecule has 0 bridgehead atoms. The largest absolute Gasteiger partial charge is 0.494 e. The third-order valence-corrected chi connectivity index (χ3v) is 5.73. The van der Waals surface area contributed by atoms with Crippen LogP contribution in [0.2, 0.25) is 0 Å². The molecule has 0 saturated heterocycles. The Morgan fingerprint density at radius 2 is 1.35 bits per heavy atom. The number of hydrogen-bond acceptors (Lipinski definition) is 2. The summed E-state index contributed by atoms with van der Waals surface area (Å²) in [7, 11) is 0. The summed E-state index contributed by atoms with van der Waals surface area (Å²) in [5.41, 5.74) is 7.21. The molecule has 0 spiro atoms. The maximum Gasteiger partial charge on any atom is 0.280 e. The molecule has 4 heteroatoms. The fourth-order valence-electron chi connectivity index (χ4n) is 4.10. The van der Waals surface area contributed by atoms with Gasteiger partial charge in [0.25, 0.3) is 5.91 Å². The lowest BCUT2D eigenvalue weighted by Crippen LogP contribution is -2.05. The summed E-state index contributed by atoms with van der Waals surface area (Å²) in [4.78, 5) is 17.4. The third-order valence-electron chi connectivity index (χ3n) is 5.73. The molecule has 2 heterocycles. The van der Waals surface area contributed by atoms with E-state index in [1.165, 1.54) is 0 Å². The number of hydrogen-bond donors (Lipinski definition) is 1. The minimum atomic E-state index is -0.316. The Morgan fingerprint density at radius 1 is 0.774 bits per heavy atom. The Kier molecular flexibility index (Phi) is 4.55. The van der Waals surface area contributed by atoms with Gasteiger partial charge >= 0.3 is 0 Å². The SMILES string of the molecule is Cc1ccc(C2=NC(=O)c3c2c(O)n(Cc2ccccc2)c3-c2ccc(C)cc2)cc1. The number of aromatic nitrogens is 1. The first-order valence-corrected chi connectivity index (χ1v) is 10.3. The van der Waals surface area contributed by atoms with Crippen LogP contribution in [0.15, 0.2) is 83.9 Å². The van der Waals surface area contributed by atoms with Crippen molar-refractivity contribution in [2.45, 2.75) is 20.4 Å². The van der Waals surface area contributed by atoms with Crippen LogP contribution >= 0.6 is 0 Å². The highest BCUT2D eigenvalue weighted by Gasteiger charge is 2.36. The number of carbonyl (C=O) groups excluding carboxylic acids is 1. The molecule has 31 heavy (non-hydrogen) atoms. The van der Waals surface area contributed by atoms with Crippen molar-refractivity contribution in [3.63, 3.8) is 0 Å². The van der Waals surface area contributed by atoms with Crippen molar-refractivity contribution >= 4 is 11.6 Å². The summed E-state index contributed by atoms with van der Waals surface area (Å²) in [5.74, 6) is -0.247. The van der Waals surface area contributed by atoms with Crippen molar-refractivity contribution in [3.8, 4) is 17.1 Å². The molecule has 152 valence electrons. The standard InChI is InChI=1S/C27H22N2O2/c1-17-8-12-20(13-9-17)24-22-23(26(30)28-24)25(21-14-10-18(2)11-15-21)29(27(22)31)16-19-6-4-3-5-7-19/h3-15,31H,16H2,1-2H3. The van der Waals surface area contributed by atoms with Crippen molar-refractivity contribution in [1.82, 2.24) is 4.57 Å². The fourth-order valence-corrected chi connectivity index (χ4v) is 4.10. The maximum atomic E-state index is 13.1. The van der Waals surface area contributed by atoms with Gasteiger partial charge < -0.3 is 9.67 Å². The highest BCUT2D eigenvalue weighted by molar-refractivity contribution is 6.30. The maximum absolute atomic E-state index is 13.1. The van der Waals surface area contributed by atoms with E-state index in [4.69, 9.17) is 0 Å². The average molecular weight is 406 g/mol. The van der Waals surface area contributed by atoms with Crippen molar-refractivity contribution in [2.75, 3.05) is 0 Å². The molecule has 0 saturated carbocycles. The Balaban J connectivity index is 1.73. The van der Waals surface area contributed by atoms with Gasteiger partial charge in [-0.15, -0.1) is 0 Å². The van der Waals surface area contributed by atoms with Crippen LogP contribution in [0.1, 0.15) is 38.2 Å². The number of benzene rings is 3. The van der Waals surface area contributed by atoms with Gasteiger partial charge in [-0.05, 0) is 25.0 Å². The molecule has 1 aliphatic heterocycles. The molecule has 1 amide bonds. The molecular formula is C27H22N2O2. The molecule has 5 rings (SSSR count). The van der Waals surface area contributed by atoms with Crippen LogP contribution in [-0.2, 0) is 6.54 Å². The van der Waals surface area contributed by atoms with E-state index in [0.29, 0.717) is 29.1 Å². The second kappa shape index (κ2) is 7.40. The summed E-state index contributed by atoms with van der Waals surface area (Å²) >= 11 is 0. The van der Waals surface area contributed by atoms with E-state index >= 15 is 0 Å². The van der Waals surface area contributed by atoms with E-state index in [2.05, 4.69) is 4.99 Å². The first-order valence-electron chi connectivity index (χ1n) is 10.3. The fraction of sp³-hybridized carbons (Fsp3) is 0.111. The van der Waals surface area contributed by atoms with E-state index < -0.39 is 0 Å². The summed E-state index contributed by atoms with van der Waals surface area (Å²) in [5, 5.41) is 11.3. The van der Waals surface area contributed by atoms with Crippen LogP contribution < -0.4 is 0 Å². The average Bonchev–Trinajstić information content (AvgIpc) is 3.26. The molecule has 0 aliphatic carbocycles. The quantitative estimate of drug-likeness (QED) is 0.485. The van der Waals surface area contributed by atoms with Crippen LogP contribution in [0.3, 0.4) is 0 Å². The van der Waals surface area contributed by atoms with Crippen LogP contribution in [0.5, 0.6) is 5.88 Å². The van der Waals surface area contributed by atoms with Crippen LogP contribution in [-0.4, -0.2) is 21.3 Å². The normalized spacial score (nSPS) is 12.7. The van der Waals surface area contributed by atoms with Gasteiger partial charge in [0.15, 0.2) is 0 Å². The molecule has 4 aromatic rings. The van der Waals surface area contributed by atoms with Crippen molar-refractivity contribution in [1.29, 1.82) is 0 Å². The number of amides is 1. The molecule has 0 radical (unpaired) electrons. The number of aryl methyl sites for hydroxylation is 2. The van der Waals surface area contributed by atoms with E-state index in [-0.39, 0.29) is 11.8 Å². The van der Waals surface area contributed by atoms with Gasteiger partial charge in [0.2, 0.25) is 5.88 Å². The van der Waals surface area contributed by atoms with Gasteiger partial charge in [-0.25, -0.2) is 4.99 Å². The van der Waals surface area contributed by atoms with E-state index in [1.54, 1.807) is 0 Å². The number of nitrogens with zero attached hydrogens (tertiary/aromatic N) is 2. The topological polar surface area (TPSA) is 54.6 Å². The Bertz CT molecular complexity index is 1310. The second-order valence-corrected chi connectivity index (χ2v) is 7.99. The first-order chi connectivity index (χ1) is 15.0. The molecule has 1 aromatic heterocycles. The second-order valence-electron chi connectivity index (χ2n) is 7.99. The van der Waals surface area contributed by atoms with Crippen LogP contribution in [0.4, 0.5) is 0 Å². The summed E-state index contributed by atoms with van der Waals surface area (Å²) in [6.07, 6.45) is 0. The van der Waals surface area contributed by atoms with Gasteiger partial charge in [0, 0.05) is 5.56 Å². The lowest BCUT2D eigenvalue weighted by Gasteiger charge is -2.13. The monoisotopic (exact) mass is 406 g/mol. The van der Waals surface area contributed by atoms with E-state index in [1.807, 2.05) is 97.3 Å². The number of rotatable bonds is 4. The van der Waals surface area contributed by atoms with Gasteiger partial charge in [0.1, 0.15) is 0 Å². The lowest BCUT2D eigenvalue weighted by atomic mass is 9.99. The number of aromatic hydroxyl groups is 1. The Labute approximate surface area is 181 Å². The van der Waals surface area contributed by atoms with Crippen molar-refractivity contribution in [2.24, 2.45) is 4.99 Å². The third kappa shape index (κ3) is 3.26. The zero-order valence-electron chi connectivity index (χ0n) is 17.5. The Hall–Kier alpha value is -3.92. The molecular weight excluding hydrogens is 384 g/mol. The minimum absolute atomic E-state index is 0.0691. The van der Waals surface area contributed by atoms with Crippen LogP contribution in [0, 0.1) is 13.8 Å². The summed E-state index contributed by atoms with van der Waals surface area (Å²) in [6, 6.07) is 25.8. The number of aliphatic imine (C=N–C) groups is 1. The smallest absolute Gasteiger partial charge is 0.280 e. The zero-order chi connectivity index (χ0) is 21.5. The molecule has 1 aliphatic rings. The number of carbonyl (C=O) groups is 1. The first kappa shape index (κ1) is 19.1. The molecule has 0 fully saturated rings. The lowest BCUT2D eigenvalue weighted by molar-refractivity contribution is 0.101. The Morgan fingerprint density at radius 3 is 1.97 bits per heavy atom. The zero-order valence-corrected chi connectivity index (χ0v) is 17.5. The van der Waals surface area contributed by atoms with E-state index in [0.717, 1.165) is 27.8 Å². The summed E-state index contributed by atoms with van der Waals surface area (Å²) in [6.45, 7) is 4.50. The van der Waals surface area contributed by atoms with Crippen molar-refractivity contribution in [3.05, 3.63) is 112 Å². The summed E-state index contributed by atoms with van der Waals surface area (Å²) < 4.78 is 1.82. The molecule has 3 aromatic carbocycles. The van der Waals surface area contributed by atoms with Gasteiger partial charge in [-0.3, -0.25) is 4.79 Å². The predicted molar refractivity (Wildman–Crippen MR) is 123 cm³/mol. The van der Waals surface area contributed by atoms with Gasteiger partial charge in [-0.1, -0.05) is 90.0 Å². The molecule has 4 nitrogen and oxygen atoms in total. The predicted octanol–water partition coefficient (Wildman–Crippen LogP) is 5.52. The van der Waals surface area contributed by atoms with Gasteiger partial charge in [-0.2, -0.15) is 0 Å². The molecule has 0 atom stereocenters.